The summed E-state index contributed by atoms with van der Waals surface area (Å²) in [7, 11) is 0. The summed E-state index contributed by atoms with van der Waals surface area (Å²) in [6, 6.07) is 7.34. The van der Waals surface area contributed by atoms with Crippen molar-refractivity contribution in [1.82, 2.24) is 15.2 Å². The molecule has 0 aliphatic carbocycles. The Hall–Kier alpha value is -2.54. The van der Waals surface area contributed by atoms with Crippen molar-refractivity contribution in [1.29, 1.82) is 0 Å². The van der Waals surface area contributed by atoms with E-state index in [2.05, 4.69) is 20.5 Å². The molecule has 1 amide bonds. The van der Waals surface area contributed by atoms with Crippen LogP contribution < -0.4 is 11.1 Å². The number of rotatable bonds is 2. The predicted molar refractivity (Wildman–Crippen MR) is 74.0 cm³/mol. The van der Waals surface area contributed by atoms with Crippen molar-refractivity contribution >= 4 is 39.0 Å². The summed E-state index contributed by atoms with van der Waals surface area (Å²) in [6.45, 7) is 0. The third kappa shape index (κ3) is 2.36. The zero-order valence-electron chi connectivity index (χ0n) is 9.70. The van der Waals surface area contributed by atoms with E-state index in [9.17, 15) is 4.79 Å². The van der Waals surface area contributed by atoms with Crippen molar-refractivity contribution in [2.75, 3.05) is 11.1 Å². The van der Waals surface area contributed by atoms with Gasteiger partial charge in [0.1, 0.15) is 0 Å². The summed E-state index contributed by atoms with van der Waals surface area (Å²) in [5.74, 6) is -0.0720. The van der Waals surface area contributed by atoms with Crippen molar-refractivity contribution < 1.29 is 4.79 Å². The summed E-state index contributed by atoms with van der Waals surface area (Å²) < 4.78 is 1.01. The van der Waals surface area contributed by atoms with Crippen molar-refractivity contribution in [3.63, 3.8) is 0 Å². The van der Waals surface area contributed by atoms with E-state index in [1.165, 1.54) is 23.7 Å². The number of amides is 1. The Bertz CT molecular complexity index is 740. The van der Waals surface area contributed by atoms with Gasteiger partial charge in [0, 0.05) is 10.4 Å². The van der Waals surface area contributed by atoms with E-state index < -0.39 is 0 Å². The van der Waals surface area contributed by atoms with Gasteiger partial charge in [-0.3, -0.25) is 10.1 Å². The molecule has 0 aliphatic rings. The second-order valence-electron chi connectivity index (χ2n) is 3.83. The molecule has 19 heavy (non-hydrogen) atoms. The molecule has 0 bridgehead atoms. The number of nitrogens with zero attached hydrogens (tertiary/aromatic N) is 3. The van der Waals surface area contributed by atoms with Crippen molar-refractivity contribution in [3.05, 3.63) is 41.5 Å². The molecular formula is C12H9N5OS. The van der Waals surface area contributed by atoms with Gasteiger partial charge in [-0.25, -0.2) is 4.98 Å². The van der Waals surface area contributed by atoms with Gasteiger partial charge in [-0.2, -0.15) is 5.10 Å². The fourth-order valence-corrected chi connectivity index (χ4v) is 2.58. The van der Waals surface area contributed by atoms with Gasteiger partial charge < -0.3 is 5.73 Å². The normalized spacial score (nSPS) is 10.5. The van der Waals surface area contributed by atoms with Crippen LogP contribution in [0.1, 0.15) is 9.67 Å². The maximum absolute atomic E-state index is 12.0. The number of benzene rings is 1. The Kier molecular flexibility index (Phi) is 2.81. The van der Waals surface area contributed by atoms with Crippen LogP contribution >= 0.6 is 11.3 Å². The lowest BCUT2D eigenvalue weighted by atomic mass is 10.2. The molecule has 94 valence electrons. The number of aromatic nitrogens is 3. The third-order valence-electron chi connectivity index (χ3n) is 2.47. The number of hydrogen-bond donors (Lipinski definition) is 2. The average molecular weight is 271 g/mol. The minimum atomic E-state index is -0.257. The molecule has 0 aliphatic heterocycles. The van der Waals surface area contributed by atoms with Crippen LogP contribution in [0.5, 0.6) is 0 Å². The molecule has 3 aromatic rings. The first kappa shape index (κ1) is 11.5. The number of nitrogens with one attached hydrogen (secondary N) is 1. The summed E-state index contributed by atoms with van der Waals surface area (Å²) in [5, 5.41) is 10.9. The first-order chi connectivity index (χ1) is 9.22. The lowest BCUT2D eigenvalue weighted by Crippen LogP contribution is -2.12. The largest absolute Gasteiger partial charge is 0.399 e. The molecule has 2 heterocycles. The highest BCUT2D eigenvalue weighted by molar-refractivity contribution is 7.20. The molecule has 0 radical (unpaired) electrons. The van der Waals surface area contributed by atoms with Gasteiger partial charge >= 0.3 is 0 Å². The number of nitrogens with two attached hydrogens (primary N) is 1. The second-order valence-corrected chi connectivity index (χ2v) is 4.91. The van der Waals surface area contributed by atoms with Crippen LogP contribution in [0.15, 0.2) is 36.7 Å². The van der Waals surface area contributed by atoms with E-state index in [-0.39, 0.29) is 11.9 Å². The Labute approximate surface area is 112 Å². The van der Waals surface area contributed by atoms with Crippen LogP contribution in [0.3, 0.4) is 0 Å². The van der Waals surface area contributed by atoms with Gasteiger partial charge in [0.15, 0.2) is 0 Å². The van der Waals surface area contributed by atoms with E-state index in [0.717, 1.165) is 10.1 Å². The van der Waals surface area contributed by atoms with E-state index in [1.54, 1.807) is 6.07 Å². The van der Waals surface area contributed by atoms with Gasteiger partial charge in [-0.1, -0.05) is 0 Å². The molecule has 1 aromatic carbocycles. The number of hydrogen-bond acceptors (Lipinski definition) is 6. The topological polar surface area (TPSA) is 93.8 Å². The molecule has 0 spiro atoms. The average Bonchev–Trinajstić information content (AvgIpc) is 2.83. The first-order valence-corrected chi connectivity index (χ1v) is 6.28. The Morgan fingerprint density at radius 3 is 2.95 bits per heavy atom. The molecule has 0 fully saturated rings. The Morgan fingerprint density at radius 2 is 2.16 bits per heavy atom. The van der Waals surface area contributed by atoms with Gasteiger partial charge in [0.05, 0.1) is 17.3 Å². The van der Waals surface area contributed by atoms with Crippen LogP contribution in [0, 0.1) is 0 Å². The number of fused-ring (bicyclic) bond motifs is 1. The first-order valence-electron chi connectivity index (χ1n) is 5.46. The quantitative estimate of drug-likeness (QED) is 0.694. The third-order valence-corrected chi connectivity index (χ3v) is 3.59. The molecule has 3 rings (SSSR count). The summed E-state index contributed by atoms with van der Waals surface area (Å²) >= 11 is 1.39. The van der Waals surface area contributed by atoms with Gasteiger partial charge in [0.25, 0.3) is 5.91 Å². The number of carbonyl (C=O) groups is 1. The van der Waals surface area contributed by atoms with Crippen molar-refractivity contribution in [2.45, 2.75) is 0 Å². The second kappa shape index (κ2) is 4.62. The molecule has 3 N–H and O–H groups in total. The molecule has 6 nitrogen and oxygen atoms in total. The minimum absolute atomic E-state index is 0.185. The standard InChI is InChI=1S/C12H9N5OS/c13-8-1-2-9-7(5-8)6-10(19-9)11(18)16-12-14-3-4-15-17-12/h1-6H,13H2,(H,14,16,17,18). The number of anilines is 2. The molecule has 0 saturated carbocycles. The SMILES string of the molecule is Nc1ccc2sc(C(=O)Nc3nccnn3)cc2c1. The predicted octanol–water partition coefficient (Wildman–Crippen LogP) is 1.92. The number of thiophene rings is 1. The van der Waals surface area contributed by atoms with Gasteiger partial charge in [-0.05, 0) is 29.7 Å². The maximum atomic E-state index is 12.0. The highest BCUT2D eigenvalue weighted by Crippen LogP contribution is 2.27. The molecular weight excluding hydrogens is 262 g/mol. The van der Waals surface area contributed by atoms with Gasteiger partial charge in [-0.15, -0.1) is 16.4 Å². The summed E-state index contributed by atoms with van der Waals surface area (Å²) in [6.07, 6.45) is 2.91. The molecule has 0 atom stereocenters. The van der Waals surface area contributed by atoms with Crippen molar-refractivity contribution in [2.24, 2.45) is 0 Å². The fraction of sp³-hybridized carbons (Fsp3) is 0. The highest BCUT2D eigenvalue weighted by Gasteiger charge is 2.11. The highest BCUT2D eigenvalue weighted by atomic mass is 32.1. The van der Waals surface area contributed by atoms with Crippen LogP contribution in [0.4, 0.5) is 11.6 Å². The zero-order chi connectivity index (χ0) is 13.2. The Morgan fingerprint density at radius 1 is 1.26 bits per heavy atom. The monoisotopic (exact) mass is 271 g/mol. The molecule has 0 saturated heterocycles. The lowest BCUT2D eigenvalue weighted by molar-refractivity contribution is 0.102. The van der Waals surface area contributed by atoms with E-state index in [1.807, 2.05) is 18.2 Å². The van der Waals surface area contributed by atoms with Crippen LogP contribution in [-0.2, 0) is 0 Å². The molecule has 2 aromatic heterocycles. The minimum Gasteiger partial charge on any atom is -0.399 e. The number of carbonyl (C=O) groups excluding carboxylic acids is 1. The summed E-state index contributed by atoms with van der Waals surface area (Å²) in [4.78, 5) is 16.5. The van der Waals surface area contributed by atoms with Crippen LogP contribution in [-0.4, -0.2) is 21.1 Å². The molecule has 0 unspecified atom stereocenters. The van der Waals surface area contributed by atoms with E-state index in [0.29, 0.717) is 10.6 Å². The summed E-state index contributed by atoms with van der Waals surface area (Å²) in [5.41, 5.74) is 6.38. The Balaban J connectivity index is 1.89. The number of nitrogen functional groups attached to an aromatic ring is 1. The van der Waals surface area contributed by atoms with Crippen LogP contribution in [0.25, 0.3) is 10.1 Å². The van der Waals surface area contributed by atoms with Crippen LogP contribution in [0.2, 0.25) is 0 Å². The fourth-order valence-electron chi connectivity index (χ4n) is 1.64. The maximum Gasteiger partial charge on any atom is 0.268 e. The van der Waals surface area contributed by atoms with E-state index >= 15 is 0 Å². The smallest absolute Gasteiger partial charge is 0.268 e. The molecule has 7 heteroatoms. The van der Waals surface area contributed by atoms with Crippen molar-refractivity contribution in [3.8, 4) is 0 Å². The zero-order valence-corrected chi connectivity index (χ0v) is 10.5. The van der Waals surface area contributed by atoms with Gasteiger partial charge in [0.2, 0.25) is 5.95 Å². The van der Waals surface area contributed by atoms with E-state index in [4.69, 9.17) is 5.73 Å². The lowest BCUT2D eigenvalue weighted by Gasteiger charge is -1.98.